The fraction of sp³-hybridized carbons (Fsp3) is 0.571. The summed E-state index contributed by atoms with van der Waals surface area (Å²) in [7, 11) is 0. The second kappa shape index (κ2) is 8.99. The molecule has 0 saturated heterocycles. The number of hydrogen-bond donors (Lipinski definition) is 2. The Hall–Kier alpha value is -2.02. The van der Waals surface area contributed by atoms with Crippen molar-refractivity contribution in [3.63, 3.8) is 0 Å². The number of carbonyl (C=O) groups excluding carboxylic acids is 1. The topological polar surface area (TPSA) is 85.8 Å². The van der Waals surface area contributed by atoms with Crippen LogP contribution in [0.15, 0.2) is 29.4 Å². The molecule has 1 aliphatic rings. The molecule has 152 valence electrons. The van der Waals surface area contributed by atoms with E-state index in [0.29, 0.717) is 22.8 Å². The third kappa shape index (κ3) is 5.28. The number of thioether (sulfide) groups is 1. The van der Waals surface area contributed by atoms with Crippen LogP contribution < -0.4 is 11.2 Å². The number of nitrogens with two attached hydrogens (primary N) is 1. The smallest absolute Gasteiger partial charge is 0.230 e. The number of amides is 1. The molecule has 3 N–H and O–H groups in total. The first-order valence-electron chi connectivity index (χ1n) is 10.1. The van der Waals surface area contributed by atoms with Crippen LogP contribution in [0.5, 0.6) is 0 Å². The molecule has 1 heterocycles. The first kappa shape index (κ1) is 20.7. The Labute approximate surface area is 171 Å². The minimum absolute atomic E-state index is 0.0379. The zero-order valence-electron chi connectivity index (χ0n) is 17.1. The summed E-state index contributed by atoms with van der Waals surface area (Å²) in [6, 6.07) is 8.53. The van der Waals surface area contributed by atoms with Gasteiger partial charge >= 0.3 is 0 Å². The largest absolute Gasteiger partial charge is 0.353 e. The Morgan fingerprint density at radius 1 is 1.14 bits per heavy atom. The van der Waals surface area contributed by atoms with Gasteiger partial charge in [0.2, 0.25) is 11.1 Å². The molecular formula is C21H31N5OS. The van der Waals surface area contributed by atoms with Crippen LogP contribution in [-0.2, 0) is 10.2 Å². The molecule has 0 bridgehead atoms. The highest BCUT2D eigenvalue weighted by molar-refractivity contribution is 7.99. The van der Waals surface area contributed by atoms with E-state index in [4.69, 9.17) is 5.84 Å². The number of rotatable bonds is 5. The average Bonchev–Trinajstić information content (AvgIpc) is 2.84. The average molecular weight is 402 g/mol. The van der Waals surface area contributed by atoms with Crippen molar-refractivity contribution in [2.45, 2.75) is 75.9 Å². The molecule has 0 radical (unpaired) electrons. The molecule has 0 unspecified atom stereocenters. The minimum Gasteiger partial charge on any atom is -0.353 e. The predicted molar refractivity (Wildman–Crippen MR) is 115 cm³/mol. The Bertz CT molecular complexity index is 786. The molecule has 1 saturated carbocycles. The van der Waals surface area contributed by atoms with Gasteiger partial charge in [-0.05, 0) is 23.8 Å². The van der Waals surface area contributed by atoms with E-state index in [1.54, 1.807) is 0 Å². The van der Waals surface area contributed by atoms with Crippen LogP contribution in [-0.4, -0.2) is 32.6 Å². The van der Waals surface area contributed by atoms with E-state index in [9.17, 15) is 4.79 Å². The van der Waals surface area contributed by atoms with Gasteiger partial charge in [-0.15, -0.1) is 10.2 Å². The van der Waals surface area contributed by atoms with Crippen molar-refractivity contribution in [1.29, 1.82) is 0 Å². The quantitative estimate of drug-likeness (QED) is 0.451. The zero-order chi connectivity index (χ0) is 20.1. The summed E-state index contributed by atoms with van der Waals surface area (Å²) in [6.07, 6.45) is 7.11. The van der Waals surface area contributed by atoms with Gasteiger partial charge in [0.15, 0.2) is 5.82 Å². The molecule has 7 heteroatoms. The lowest BCUT2D eigenvalue weighted by molar-refractivity contribution is -0.119. The molecule has 3 rings (SSSR count). The Balaban J connectivity index is 1.59. The van der Waals surface area contributed by atoms with Gasteiger partial charge in [0.25, 0.3) is 0 Å². The maximum atomic E-state index is 12.3. The van der Waals surface area contributed by atoms with E-state index in [-0.39, 0.29) is 11.3 Å². The lowest BCUT2D eigenvalue weighted by atomic mass is 9.87. The van der Waals surface area contributed by atoms with Crippen LogP contribution in [0.2, 0.25) is 0 Å². The molecule has 1 aromatic carbocycles. The van der Waals surface area contributed by atoms with Crippen molar-refractivity contribution in [2.24, 2.45) is 0 Å². The van der Waals surface area contributed by atoms with Gasteiger partial charge in [-0.2, -0.15) is 0 Å². The van der Waals surface area contributed by atoms with Crippen LogP contribution >= 0.6 is 11.8 Å². The van der Waals surface area contributed by atoms with Crippen molar-refractivity contribution >= 4 is 17.7 Å². The van der Waals surface area contributed by atoms with Gasteiger partial charge in [-0.1, -0.05) is 82.5 Å². The SMILES string of the molecule is CC(C)(C)c1ccc(-c2nnc(SCC(=O)NC3CCCCCC3)n2N)cc1. The maximum Gasteiger partial charge on any atom is 0.230 e. The molecule has 0 atom stereocenters. The monoisotopic (exact) mass is 401 g/mol. The van der Waals surface area contributed by atoms with Gasteiger partial charge in [-0.3, -0.25) is 4.79 Å². The number of hydrogen-bond acceptors (Lipinski definition) is 5. The highest BCUT2D eigenvalue weighted by Crippen LogP contribution is 2.26. The number of nitrogens with zero attached hydrogens (tertiary/aromatic N) is 3. The Kier molecular flexibility index (Phi) is 6.65. The summed E-state index contributed by atoms with van der Waals surface area (Å²) in [5.74, 6) is 7.13. The molecule has 2 aromatic rings. The molecule has 1 amide bonds. The zero-order valence-corrected chi connectivity index (χ0v) is 17.9. The molecule has 6 nitrogen and oxygen atoms in total. The molecule has 0 aliphatic heterocycles. The standard InChI is InChI=1S/C21H31N5OS/c1-21(2,3)16-12-10-15(11-13-16)19-24-25-20(26(19)22)28-14-18(27)23-17-8-6-4-5-7-9-17/h10-13,17H,4-9,14,22H2,1-3H3,(H,23,27). The van der Waals surface area contributed by atoms with Crippen LogP contribution in [0.25, 0.3) is 11.4 Å². The summed E-state index contributed by atoms with van der Waals surface area (Å²) in [5.41, 5.74) is 2.27. The number of aromatic nitrogens is 3. The molecular weight excluding hydrogens is 370 g/mol. The third-order valence-corrected chi connectivity index (χ3v) is 6.17. The molecule has 1 aromatic heterocycles. The number of benzene rings is 1. The van der Waals surface area contributed by atoms with E-state index in [0.717, 1.165) is 18.4 Å². The third-order valence-electron chi connectivity index (χ3n) is 5.23. The number of nitrogen functional groups attached to an aromatic ring is 1. The molecule has 1 fully saturated rings. The van der Waals surface area contributed by atoms with E-state index in [1.807, 2.05) is 12.1 Å². The molecule has 1 aliphatic carbocycles. The van der Waals surface area contributed by atoms with Gasteiger partial charge in [-0.25, -0.2) is 4.68 Å². The van der Waals surface area contributed by atoms with Crippen LogP contribution in [0.3, 0.4) is 0 Å². The first-order chi connectivity index (χ1) is 13.3. The molecule has 28 heavy (non-hydrogen) atoms. The van der Waals surface area contributed by atoms with Gasteiger partial charge < -0.3 is 11.2 Å². The van der Waals surface area contributed by atoms with Gasteiger partial charge in [0.1, 0.15) is 0 Å². The fourth-order valence-electron chi connectivity index (χ4n) is 3.51. The van der Waals surface area contributed by atoms with Crippen LogP contribution in [0.4, 0.5) is 0 Å². The second-order valence-electron chi connectivity index (χ2n) is 8.55. The highest BCUT2D eigenvalue weighted by atomic mass is 32.2. The fourth-order valence-corrected chi connectivity index (χ4v) is 4.18. The second-order valence-corrected chi connectivity index (χ2v) is 9.49. The van der Waals surface area contributed by atoms with Crippen molar-refractivity contribution in [3.8, 4) is 11.4 Å². The van der Waals surface area contributed by atoms with Crippen LogP contribution in [0, 0.1) is 0 Å². The van der Waals surface area contributed by atoms with E-state index < -0.39 is 0 Å². The normalized spacial score (nSPS) is 16.0. The predicted octanol–water partition coefficient (Wildman–Crippen LogP) is 3.89. The lowest BCUT2D eigenvalue weighted by Crippen LogP contribution is -2.35. The first-order valence-corrected chi connectivity index (χ1v) is 11.1. The highest BCUT2D eigenvalue weighted by Gasteiger charge is 2.18. The van der Waals surface area contributed by atoms with Crippen LogP contribution in [0.1, 0.15) is 64.9 Å². The van der Waals surface area contributed by atoms with Crippen molar-refractivity contribution in [2.75, 3.05) is 11.6 Å². The summed E-state index contributed by atoms with van der Waals surface area (Å²) in [5, 5.41) is 12.1. The Morgan fingerprint density at radius 2 is 1.79 bits per heavy atom. The summed E-state index contributed by atoms with van der Waals surface area (Å²) in [6.45, 7) is 6.55. The summed E-state index contributed by atoms with van der Waals surface area (Å²) in [4.78, 5) is 12.3. The number of nitrogens with one attached hydrogen (secondary N) is 1. The minimum atomic E-state index is 0.0379. The Morgan fingerprint density at radius 3 is 2.39 bits per heavy atom. The maximum absolute atomic E-state index is 12.3. The van der Waals surface area contributed by atoms with Crippen molar-refractivity contribution in [3.05, 3.63) is 29.8 Å². The lowest BCUT2D eigenvalue weighted by Gasteiger charge is -2.19. The summed E-state index contributed by atoms with van der Waals surface area (Å²) >= 11 is 1.32. The van der Waals surface area contributed by atoms with E-state index >= 15 is 0 Å². The van der Waals surface area contributed by atoms with Gasteiger partial charge in [0, 0.05) is 11.6 Å². The summed E-state index contributed by atoms with van der Waals surface area (Å²) < 4.78 is 1.47. The van der Waals surface area contributed by atoms with Crippen molar-refractivity contribution in [1.82, 2.24) is 20.2 Å². The molecule has 0 spiro atoms. The number of carbonyl (C=O) groups is 1. The van der Waals surface area contributed by atoms with Gasteiger partial charge in [0.05, 0.1) is 5.75 Å². The van der Waals surface area contributed by atoms with E-state index in [2.05, 4.69) is 48.4 Å². The van der Waals surface area contributed by atoms with E-state index in [1.165, 1.54) is 47.7 Å². The van der Waals surface area contributed by atoms with Crippen molar-refractivity contribution < 1.29 is 4.79 Å².